The number of anilines is 1. The van der Waals surface area contributed by atoms with E-state index in [-0.39, 0.29) is 22.4 Å². The normalized spacial score (nSPS) is 13.7. The highest BCUT2D eigenvalue weighted by atomic mass is 19.2. The number of hydrogen-bond donors (Lipinski definition) is 0. The summed E-state index contributed by atoms with van der Waals surface area (Å²) in [6.45, 7) is 5.68. The number of benzene rings is 1. The van der Waals surface area contributed by atoms with Gasteiger partial charge in [0.1, 0.15) is 17.0 Å². The fourth-order valence-electron chi connectivity index (χ4n) is 3.24. The molecular formula is C22H22F3N7O. The lowest BCUT2D eigenvalue weighted by Gasteiger charge is -2.27. The van der Waals surface area contributed by atoms with Crippen LogP contribution in [0.2, 0.25) is 0 Å². The Balaban J connectivity index is 0.000000376. The van der Waals surface area contributed by atoms with Crippen molar-refractivity contribution in [3.8, 4) is 11.3 Å². The van der Waals surface area contributed by atoms with Gasteiger partial charge >= 0.3 is 0 Å². The molecule has 5 rings (SSSR count). The number of rotatable bonds is 2. The maximum atomic E-state index is 14.4. The van der Waals surface area contributed by atoms with Crippen LogP contribution in [0.15, 0.2) is 30.6 Å². The molecule has 0 spiro atoms. The first kappa shape index (κ1) is 22.6. The first-order valence-corrected chi connectivity index (χ1v) is 10.3. The van der Waals surface area contributed by atoms with Crippen LogP contribution < -0.4 is 4.90 Å². The third-order valence-corrected chi connectivity index (χ3v) is 5.13. The second kappa shape index (κ2) is 9.49. The summed E-state index contributed by atoms with van der Waals surface area (Å²) < 4.78 is 48.7. The number of nitrogens with zero attached hydrogens (tertiary/aromatic N) is 7. The van der Waals surface area contributed by atoms with Gasteiger partial charge in [-0.1, -0.05) is 0 Å². The first-order chi connectivity index (χ1) is 15.8. The fraction of sp³-hybridized carbons (Fsp3) is 0.318. The molecule has 4 aromatic rings. The molecule has 11 heteroatoms. The Bertz CT molecular complexity index is 1280. The van der Waals surface area contributed by atoms with E-state index in [9.17, 15) is 13.2 Å². The van der Waals surface area contributed by atoms with Gasteiger partial charge < -0.3 is 9.64 Å². The van der Waals surface area contributed by atoms with Gasteiger partial charge in [0.05, 0.1) is 24.6 Å². The molecule has 1 saturated heterocycles. The Kier molecular flexibility index (Phi) is 6.50. The highest BCUT2D eigenvalue weighted by molar-refractivity contribution is 5.88. The lowest BCUT2D eigenvalue weighted by atomic mass is 10.1. The smallest absolute Gasteiger partial charge is 0.228 e. The molecule has 172 valence electrons. The molecule has 8 nitrogen and oxygen atoms in total. The van der Waals surface area contributed by atoms with Crippen molar-refractivity contribution in [3.63, 3.8) is 0 Å². The Hall–Kier alpha value is -3.60. The van der Waals surface area contributed by atoms with Crippen LogP contribution >= 0.6 is 0 Å². The topological polar surface area (TPSA) is 81.9 Å². The summed E-state index contributed by atoms with van der Waals surface area (Å²) in [5.74, 6) is -3.03. The number of morpholine rings is 1. The minimum absolute atomic E-state index is 0.0773. The molecule has 33 heavy (non-hydrogen) atoms. The van der Waals surface area contributed by atoms with Gasteiger partial charge in [-0.05, 0) is 26.0 Å². The van der Waals surface area contributed by atoms with Crippen LogP contribution in [0.1, 0.15) is 11.4 Å². The summed E-state index contributed by atoms with van der Waals surface area (Å²) in [4.78, 5) is 19.6. The van der Waals surface area contributed by atoms with Gasteiger partial charge in [-0.2, -0.15) is 10.1 Å². The molecule has 0 bridgehead atoms. The molecule has 1 fully saturated rings. The van der Waals surface area contributed by atoms with Crippen LogP contribution in [0.4, 0.5) is 19.1 Å². The van der Waals surface area contributed by atoms with Crippen molar-refractivity contribution in [1.29, 1.82) is 0 Å². The third kappa shape index (κ3) is 4.92. The molecule has 1 aromatic carbocycles. The number of hydrogen-bond acceptors (Lipinski definition) is 7. The standard InChI is InChI=1S/C18H16F3N5O.C4H6N2/c1-9-10(2)23-17-16(22-9)15(11-7-13(20)14(21)8-12(11)19)24-18(25-17)26-3-5-27-6-4-26;1-6-4-2-3-5-6/h7-8H,3-6H2,1-2H3;2-4H,1H3. The summed E-state index contributed by atoms with van der Waals surface area (Å²) in [5, 5.41) is 3.83. The van der Waals surface area contributed by atoms with Gasteiger partial charge in [-0.3, -0.25) is 4.68 Å². The minimum atomic E-state index is -1.26. The third-order valence-electron chi connectivity index (χ3n) is 5.13. The first-order valence-electron chi connectivity index (χ1n) is 10.3. The highest BCUT2D eigenvalue weighted by Gasteiger charge is 2.22. The van der Waals surface area contributed by atoms with Crippen LogP contribution in [0.3, 0.4) is 0 Å². The highest BCUT2D eigenvalue weighted by Crippen LogP contribution is 2.30. The van der Waals surface area contributed by atoms with Crippen LogP contribution in [0.25, 0.3) is 22.4 Å². The molecule has 4 heterocycles. The molecule has 0 N–H and O–H groups in total. The van der Waals surface area contributed by atoms with Crippen LogP contribution in [-0.4, -0.2) is 56.0 Å². The largest absolute Gasteiger partial charge is 0.378 e. The molecule has 0 aliphatic carbocycles. The van der Waals surface area contributed by atoms with Gasteiger partial charge in [-0.15, -0.1) is 0 Å². The number of ether oxygens (including phenoxy) is 1. The van der Waals surface area contributed by atoms with E-state index in [4.69, 9.17) is 4.74 Å². The fourth-order valence-corrected chi connectivity index (χ4v) is 3.24. The zero-order valence-corrected chi connectivity index (χ0v) is 18.4. The Morgan fingerprint density at radius 1 is 0.879 bits per heavy atom. The van der Waals surface area contributed by atoms with Crippen molar-refractivity contribution in [3.05, 3.63) is 59.4 Å². The number of aromatic nitrogens is 6. The molecule has 3 aromatic heterocycles. The number of aryl methyl sites for hydroxylation is 3. The monoisotopic (exact) mass is 457 g/mol. The predicted octanol–water partition coefficient (Wildman–Crippen LogP) is 3.38. The van der Waals surface area contributed by atoms with Gasteiger partial charge in [0.15, 0.2) is 17.3 Å². The molecule has 0 saturated carbocycles. The van der Waals surface area contributed by atoms with E-state index in [2.05, 4.69) is 25.0 Å². The lowest BCUT2D eigenvalue weighted by Crippen LogP contribution is -2.37. The van der Waals surface area contributed by atoms with E-state index in [0.717, 1.165) is 6.07 Å². The summed E-state index contributed by atoms with van der Waals surface area (Å²) in [6.07, 6.45) is 3.64. The Labute approximate surface area is 188 Å². The van der Waals surface area contributed by atoms with E-state index < -0.39 is 17.5 Å². The van der Waals surface area contributed by atoms with Gasteiger partial charge in [0, 0.05) is 44.2 Å². The van der Waals surface area contributed by atoms with Crippen LogP contribution in [0.5, 0.6) is 0 Å². The van der Waals surface area contributed by atoms with Crippen molar-refractivity contribution in [2.75, 3.05) is 31.2 Å². The SMILES string of the molecule is Cc1nc2nc(N3CCOCC3)nc(-c3cc(F)c(F)cc3F)c2nc1C.Cn1cccn1. The molecule has 0 unspecified atom stereocenters. The maximum Gasteiger partial charge on any atom is 0.228 e. The van der Waals surface area contributed by atoms with E-state index in [1.165, 1.54) is 0 Å². The van der Waals surface area contributed by atoms with Crippen molar-refractivity contribution in [2.45, 2.75) is 13.8 Å². The van der Waals surface area contributed by atoms with E-state index in [1.807, 2.05) is 24.2 Å². The Morgan fingerprint density at radius 2 is 1.58 bits per heavy atom. The Morgan fingerprint density at radius 3 is 2.21 bits per heavy atom. The maximum absolute atomic E-state index is 14.4. The second-order valence-corrected chi connectivity index (χ2v) is 7.46. The predicted molar refractivity (Wildman–Crippen MR) is 116 cm³/mol. The van der Waals surface area contributed by atoms with Gasteiger partial charge in [0.25, 0.3) is 0 Å². The van der Waals surface area contributed by atoms with Crippen molar-refractivity contribution >= 4 is 17.1 Å². The van der Waals surface area contributed by atoms with Crippen molar-refractivity contribution in [1.82, 2.24) is 29.7 Å². The van der Waals surface area contributed by atoms with Crippen molar-refractivity contribution in [2.24, 2.45) is 7.05 Å². The van der Waals surface area contributed by atoms with Crippen molar-refractivity contribution < 1.29 is 17.9 Å². The molecule has 1 aliphatic heterocycles. The number of halogens is 3. The van der Waals surface area contributed by atoms with Gasteiger partial charge in [-0.25, -0.2) is 28.1 Å². The minimum Gasteiger partial charge on any atom is -0.378 e. The number of fused-ring (bicyclic) bond motifs is 1. The summed E-state index contributed by atoms with van der Waals surface area (Å²) in [7, 11) is 1.89. The summed E-state index contributed by atoms with van der Waals surface area (Å²) in [5.41, 5.74) is 1.69. The molecule has 0 amide bonds. The molecular weight excluding hydrogens is 435 g/mol. The molecule has 0 atom stereocenters. The second-order valence-electron chi connectivity index (χ2n) is 7.46. The van der Waals surface area contributed by atoms with E-state index in [0.29, 0.717) is 49.7 Å². The molecule has 0 radical (unpaired) electrons. The average molecular weight is 457 g/mol. The zero-order chi connectivity index (χ0) is 23.5. The van der Waals surface area contributed by atoms with Gasteiger partial charge in [0.2, 0.25) is 5.95 Å². The average Bonchev–Trinajstić information content (AvgIpc) is 3.28. The summed E-state index contributed by atoms with van der Waals surface area (Å²) >= 11 is 0. The quantitative estimate of drug-likeness (QED) is 0.427. The van der Waals surface area contributed by atoms with E-state index in [1.54, 1.807) is 24.7 Å². The van der Waals surface area contributed by atoms with E-state index >= 15 is 0 Å². The summed E-state index contributed by atoms with van der Waals surface area (Å²) in [6, 6.07) is 3.17. The van der Waals surface area contributed by atoms with Crippen LogP contribution in [0, 0.1) is 31.3 Å². The van der Waals surface area contributed by atoms with Crippen LogP contribution in [-0.2, 0) is 11.8 Å². The lowest BCUT2D eigenvalue weighted by molar-refractivity contribution is 0.122. The zero-order valence-electron chi connectivity index (χ0n) is 18.4. The molecule has 1 aliphatic rings.